The fourth-order valence-electron chi connectivity index (χ4n) is 5.33. The first-order chi connectivity index (χ1) is 18.6. The highest BCUT2D eigenvalue weighted by molar-refractivity contribution is 7.97. The molecule has 3 fully saturated rings. The Bertz CT molecular complexity index is 1260. The molecule has 6 rings (SSSR count). The third kappa shape index (κ3) is 6.05. The van der Waals surface area contributed by atoms with Crippen LogP contribution in [0.1, 0.15) is 49.7 Å². The molecule has 1 aromatic heterocycles. The topological polar surface area (TPSA) is 46.6 Å². The lowest BCUT2D eigenvalue weighted by atomic mass is 9.96. The van der Waals surface area contributed by atoms with Crippen LogP contribution in [0, 0.1) is 5.92 Å². The second-order valence-corrected chi connectivity index (χ2v) is 12.4. The average Bonchev–Trinajstić information content (AvgIpc) is 3.88. The van der Waals surface area contributed by atoms with Gasteiger partial charge in [0.05, 0.1) is 18.3 Å². The molecule has 3 aromatic rings. The van der Waals surface area contributed by atoms with Crippen molar-refractivity contribution in [2.75, 3.05) is 26.7 Å². The van der Waals surface area contributed by atoms with E-state index in [9.17, 15) is 0 Å². The summed E-state index contributed by atoms with van der Waals surface area (Å²) < 4.78 is 15.4. The van der Waals surface area contributed by atoms with E-state index in [-0.39, 0.29) is 5.60 Å². The number of nitrogens with one attached hydrogen (secondary N) is 1. The largest absolute Gasteiger partial charge is 0.490 e. The molecule has 5 nitrogen and oxygen atoms in total. The van der Waals surface area contributed by atoms with Crippen LogP contribution in [-0.2, 0) is 16.9 Å². The summed E-state index contributed by atoms with van der Waals surface area (Å²) in [6, 6.07) is 16.8. The zero-order chi connectivity index (χ0) is 26.0. The molecule has 1 N–H and O–H groups in total. The average molecular weight is 550 g/mol. The van der Waals surface area contributed by atoms with E-state index in [2.05, 4.69) is 51.0 Å². The van der Waals surface area contributed by atoms with Crippen molar-refractivity contribution >= 4 is 23.5 Å². The Morgan fingerprint density at radius 3 is 2.63 bits per heavy atom. The molecule has 0 atom stereocenters. The Hall–Kier alpha value is -2.09. The standard InChI is InChI=1S/C31H36ClN3O2S/c1-33-19-22-11-16-35(17-12-22)38-25-8-9-29(32)23(18-25)21-36-31(13-14-31)28-20-34-15-10-26(28)27-4-2-3-5-30(27)37-24-6-7-24/h2-5,8-10,15,18,20,22,24,33H,6-7,11-14,16-17,19,21H2,1H3. The molecule has 7 heteroatoms. The molecule has 1 aliphatic heterocycles. The number of ether oxygens (including phenoxy) is 2. The van der Waals surface area contributed by atoms with Gasteiger partial charge in [-0.05, 0) is 111 Å². The molecule has 1 saturated heterocycles. The molecule has 2 aliphatic carbocycles. The Kier molecular flexibility index (Phi) is 7.96. The van der Waals surface area contributed by atoms with Crippen molar-refractivity contribution in [2.45, 2.75) is 61.7 Å². The quantitative estimate of drug-likeness (QED) is 0.258. The van der Waals surface area contributed by atoms with Crippen molar-refractivity contribution < 1.29 is 9.47 Å². The predicted octanol–water partition coefficient (Wildman–Crippen LogP) is 7.09. The molecule has 200 valence electrons. The van der Waals surface area contributed by atoms with Crippen molar-refractivity contribution in [1.82, 2.24) is 14.6 Å². The van der Waals surface area contributed by atoms with Gasteiger partial charge in [0.15, 0.2) is 0 Å². The highest BCUT2D eigenvalue weighted by atomic mass is 35.5. The number of halogens is 1. The molecule has 0 bridgehead atoms. The molecule has 2 aromatic carbocycles. The molecule has 3 aliphatic rings. The summed E-state index contributed by atoms with van der Waals surface area (Å²) in [5, 5.41) is 4.08. The van der Waals surface area contributed by atoms with E-state index in [0.717, 1.165) is 84.3 Å². The molecule has 0 spiro atoms. The lowest BCUT2D eigenvalue weighted by Crippen LogP contribution is -2.32. The van der Waals surface area contributed by atoms with Gasteiger partial charge < -0.3 is 14.8 Å². The highest BCUT2D eigenvalue weighted by Crippen LogP contribution is 2.53. The summed E-state index contributed by atoms with van der Waals surface area (Å²) in [6.45, 7) is 3.82. The van der Waals surface area contributed by atoms with Crippen LogP contribution >= 0.6 is 23.5 Å². The molecule has 0 radical (unpaired) electrons. The number of hydrogen-bond acceptors (Lipinski definition) is 6. The number of piperidine rings is 1. The summed E-state index contributed by atoms with van der Waals surface area (Å²) in [5.74, 6) is 1.73. The Balaban J connectivity index is 1.16. The lowest BCUT2D eigenvalue weighted by molar-refractivity contribution is 0.0173. The molecular weight excluding hydrogens is 514 g/mol. The second kappa shape index (κ2) is 11.6. The molecule has 38 heavy (non-hydrogen) atoms. The fraction of sp³-hybridized carbons (Fsp3) is 0.452. The number of nitrogens with zero attached hydrogens (tertiary/aromatic N) is 2. The molecule has 0 unspecified atom stereocenters. The third-order valence-electron chi connectivity index (χ3n) is 7.83. The summed E-state index contributed by atoms with van der Waals surface area (Å²) in [4.78, 5) is 5.71. The van der Waals surface area contributed by atoms with Gasteiger partial charge >= 0.3 is 0 Å². The van der Waals surface area contributed by atoms with Crippen molar-refractivity contribution in [3.63, 3.8) is 0 Å². The van der Waals surface area contributed by atoms with Gasteiger partial charge in [-0.2, -0.15) is 0 Å². The third-order valence-corrected chi connectivity index (χ3v) is 9.29. The van der Waals surface area contributed by atoms with E-state index in [1.165, 1.54) is 17.7 Å². The Morgan fingerprint density at radius 1 is 1.05 bits per heavy atom. The number of benzene rings is 2. The van der Waals surface area contributed by atoms with Gasteiger partial charge in [-0.15, -0.1) is 0 Å². The molecular formula is C31H36ClN3O2S. The van der Waals surface area contributed by atoms with Gasteiger partial charge in [0, 0.05) is 46.5 Å². The van der Waals surface area contributed by atoms with Crippen LogP contribution in [0.15, 0.2) is 65.8 Å². The second-order valence-electron chi connectivity index (χ2n) is 10.8. The van der Waals surface area contributed by atoms with Crippen LogP contribution in [0.4, 0.5) is 0 Å². The molecule has 2 heterocycles. The van der Waals surface area contributed by atoms with Crippen LogP contribution in [0.5, 0.6) is 5.75 Å². The summed E-state index contributed by atoms with van der Waals surface area (Å²) in [6.07, 6.45) is 10.9. The maximum absolute atomic E-state index is 6.68. The van der Waals surface area contributed by atoms with E-state index in [1.807, 2.05) is 43.5 Å². The van der Waals surface area contributed by atoms with Crippen LogP contribution in [0.3, 0.4) is 0 Å². The van der Waals surface area contributed by atoms with Crippen molar-refractivity contribution in [1.29, 1.82) is 0 Å². The molecule has 0 amide bonds. The van der Waals surface area contributed by atoms with E-state index >= 15 is 0 Å². The number of hydrogen-bond donors (Lipinski definition) is 1. The SMILES string of the molecule is CNCC1CCN(Sc2ccc(Cl)c(COC3(c4cnccc4-c4ccccc4OC4CC4)CC3)c2)CC1. The first-order valence-electron chi connectivity index (χ1n) is 13.8. The van der Waals surface area contributed by atoms with Gasteiger partial charge in [-0.3, -0.25) is 4.98 Å². The van der Waals surface area contributed by atoms with Crippen molar-refractivity contribution in [3.8, 4) is 16.9 Å². The van der Waals surface area contributed by atoms with E-state index in [0.29, 0.717) is 12.7 Å². The van der Waals surface area contributed by atoms with Gasteiger partial charge in [0.25, 0.3) is 0 Å². The lowest BCUT2D eigenvalue weighted by Gasteiger charge is -2.30. The number of pyridine rings is 1. The maximum Gasteiger partial charge on any atom is 0.127 e. The Labute approximate surface area is 235 Å². The summed E-state index contributed by atoms with van der Waals surface area (Å²) in [7, 11) is 2.04. The van der Waals surface area contributed by atoms with Crippen LogP contribution < -0.4 is 10.1 Å². The Morgan fingerprint density at radius 2 is 1.87 bits per heavy atom. The van der Waals surface area contributed by atoms with E-state index in [4.69, 9.17) is 21.1 Å². The first kappa shape index (κ1) is 26.1. The zero-order valence-electron chi connectivity index (χ0n) is 22.0. The van der Waals surface area contributed by atoms with Gasteiger partial charge in [-0.1, -0.05) is 29.8 Å². The first-order valence-corrected chi connectivity index (χ1v) is 15.0. The normalized spacial score (nSPS) is 19.4. The minimum absolute atomic E-state index is 0.335. The van der Waals surface area contributed by atoms with E-state index in [1.54, 1.807) is 0 Å². The molecule has 2 saturated carbocycles. The highest BCUT2D eigenvalue weighted by Gasteiger charge is 2.47. The minimum Gasteiger partial charge on any atom is -0.490 e. The van der Waals surface area contributed by atoms with Crippen molar-refractivity contribution in [3.05, 3.63) is 77.1 Å². The fourth-order valence-corrected chi connectivity index (χ4v) is 6.52. The predicted molar refractivity (Wildman–Crippen MR) is 155 cm³/mol. The zero-order valence-corrected chi connectivity index (χ0v) is 23.6. The number of aromatic nitrogens is 1. The monoisotopic (exact) mass is 549 g/mol. The maximum atomic E-state index is 6.68. The summed E-state index contributed by atoms with van der Waals surface area (Å²) >= 11 is 8.49. The summed E-state index contributed by atoms with van der Waals surface area (Å²) in [5.41, 5.74) is 4.10. The van der Waals surface area contributed by atoms with Gasteiger partial charge in [-0.25, -0.2) is 4.31 Å². The number of rotatable bonds is 11. The van der Waals surface area contributed by atoms with Gasteiger partial charge in [0.2, 0.25) is 0 Å². The van der Waals surface area contributed by atoms with Crippen LogP contribution in [0.2, 0.25) is 5.02 Å². The van der Waals surface area contributed by atoms with E-state index < -0.39 is 0 Å². The number of para-hydroxylation sites is 1. The van der Waals surface area contributed by atoms with Crippen LogP contribution in [0.25, 0.3) is 11.1 Å². The van der Waals surface area contributed by atoms with Crippen molar-refractivity contribution in [2.24, 2.45) is 5.92 Å². The van der Waals surface area contributed by atoms with Crippen LogP contribution in [-0.4, -0.2) is 42.1 Å². The smallest absolute Gasteiger partial charge is 0.127 e. The van der Waals surface area contributed by atoms with Gasteiger partial charge in [0.1, 0.15) is 5.75 Å². The minimum atomic E-state index is -0.335.